The van der Waals surface area contributed by atoms with E-state index in [0.29, 0.717) is 21.5 Å². The van der Waals surface area contributed by atoms with Crippen LogP contribution in [0.15, 0.2) is 52.5 Å². The number of hydrogen-bond donors (Lipinski definition) is 2. The van der Waals surface area contributed by atoms with Crippen molar-refractivity contribution in [1.82, 2.24) is 0 Å². The third-order valence-corrected chi connectivity index (χ3v) is 3.83. The third kappa shape index (κ3) is 5.87. The fourth-order valence-electron chi connectivity index (χ4n) is 2.01. The van der Waals surface area contributed by atoms with Gasteiger partial charge < -0.3 is 19.9 Å². The van der Waals surface area contributed by atoms with E-state index in [0.717, 1.165) is 0 Å². The number of rotatable bonds is 6. The average Bonchev–Trinajstić information content (AvgIpc) is 2.66. The average molecular weight is 431 g/mol. The number of nitriles is 1. The first kappa shape index (κ1) is 20.0. The van der Waals surface area contributed by atoms with Gasteiger partial charge in [-0.3, -0.25) is 4.79 Å². The van der Waals surface area contributed by atoms with Crippen LogP contribution in [0.25, 0.3) is 6.08 Å². The zero-order chi connectivity index (χ0) is 19.8. The van der Waals surface area contributed by atoms with Crippen molar-refractivity contribution in [2.45, 2.75) is 0 Å². The standard InChI is InChI=1S/C19H15BrN2O5/c1-26-18(24)11-27-17-7-2-14(20)9-12(17)8-13(10-21)19(25)22-15-3-5-16(23)6-4-15/h2-9,23H,11H2,1H3,(H,22,25)/b13-8+. The molecule has 2 N–H and O–H groups in total. The van der Waals surface area contributed by atoms with E-state index in [1.54, 1.807) is 18.2 Å². The number of halogens is 1. The van der Waals surface area contributed by atoms with E-state index in [4.69, 9.17) is 4.74 Å². The number of carbonyl (C=O) groups is 2. The van der Waals surface area contributed by atoms with Gasteiger partial charge in [0.15, 0.2) is 6.61 Å². The smallest absolute Gasteiger partial charge is 0.343 e. The molecule has 0 fully saturated rings. The summed E-state index contributed by atoms with van der Waals surface area (Å²) in [4.78, 5) is 23.6. The normalized spacial score (nSPS) is 10.6. The van der Waals surface area contributed by atoms with Crippen LogP contribution in [0, 0.1) is 11.3 Å². The Morgan fingerprint density at radius 1 is 1.26 bits per heavy atom. The molecule has 0 unspecified atom stereocenters. The van der Waals surface area contributed by atoms with Crippen LogP contribution < -0.4 is 10.1 Å². The second kappa shape index (κ2) is 9.40. The summed E-state index contributed by atoms with van der Waals surface area (Å²) in [5.74, 6) is -0.806. The predicted octanol–water partition coefficient (Wildman–Crippen LogP) is 3.25. The zero-order valence-electron chi connectivity index (χ0n) is 14.2. The second-order valence-corrected chi connectivity index (χ2v) is 6.13. The molecule has 0 radical (unpaired) electrons. The maximum Gasteiger partial charge on any atom is 0.343 e. The van der Waals surface area contributed by atoms with Crippen molar-refractivity contribution in [3.63, 3.8) is 0 Å². The molecule has 0 aromatic heterocycles. The second-order valence-electron chi connectivity index (χ2n) is 5.22. The SMILES string of the molecule is COC(=O)COc1ccc(Br)cc1/C=C(\C#N)C(=O)Nc1ccc(O)cc1. The first-order chi connectivity index (χ1) is 12.9. The lowest BCUT2D eigenvalue weighted by Crippen LogP contribution is -2.14. The Morgan fingerprint density at radius 2 is 1.96 bits per heavy atom. The van der Waals surface area contributed by atoms with Crippen LogP contribution in [0.3, 0.4) is 0 Å². The van der Waals surface area contributed by atoms with Gasteiger partial charge >= 0.3 is 5.97 Å². The van der Waals surface area contributed by atoms with Crippen molar-refractivity contribution in [2.24, 2.45) is 0 Å². The molecule has 8 heteroatoms. The Balaban J connectivity index is 2.26. The Morgan fingerprint density at radius 3 is 2.59 bits per heavy atom. The summed E-state index contributed by atoms with van der Waals surface area (Å²) in [7, 11) is 1.25. The van der Waals surface area contributed by atoms with E-state index < -0.39 is 11.9 Å². The minimum Gasteiger partial charge on any atom is -0.508 e. The number of nitrogens with zero attached hydrogens (tertiary/aromatic N) is 1. The molecule has 7 nitrogen and oxygen atoms in total. The highest BCUT2D eigenvalue weighted by molar-refractivity contribution is 9.10. The van der Waals surface area contributed by atoms with Gasteiger partial charge in [-0.2, -0.15) is 5.26 Å². The van der Waals surface area contributed by atoms with Gasteiger partial charge in [-0.05, 0) is 48.5 Å². The van der Waals surface area contributed by atoms with Gasteiger partial charge in [-0.1, -0.05) is 15.9 Å². The molecule has 0 spiro atoms. The fourth-order valence-corrected chi connectivity index (χ4v) is 2.39. The summed E-state index contributed by atoms with van der Waals surface area (Å²) in [6, 6.07) is 12.6. The highest BCUT2D eigenvalue weighted by atomic mass is 79.9. The largest absolute Gasteiger partial charge is 0.508 e. The molecule has 1 amide bonds. The Kier molecular flexibility index (Phi) is 6.97. The van der Waals surface area contributed by atoms with Crippen molar-refractivity contribution in [2.75, 3.05) is 19.0 Å². The number of amides is 1. The topological polar surface area (TPSA) is 109 Å². The molecule has 27 heavy (non-hydrogen) atoms. The predicted molar refractivity (Wildman–Crippen MR) is 102 cm³/mol. The molecule has 0 heterocycles. The number of anilines is 1. The van der Waals surface area contributed by atoms with Crippen LogP contribution in [0.4, 0.5) is 5.69 Å². The molecule has 0 aliphatic rings. The lowest BCUT2D eigenvalue weighted by Gasteiger charge is -2.09. The third-order valence-electron chi connectivity index (χ3n) is 3.34. The minimum atomic E-state index is -0.623. The molecular formula is C19H15BrN2O5. The monoisotopic (exact) mass is 430 g/mol. The molecule has 0 saturated carbocycles. The quantitative estimate of drug-likeness (QED) is 0.315. The van der Waals surface area contributed by atoms with Crippen LogP contribution in [-0.4, -0.2) is 30.7 Å². The van der Waals surface area contributed by atoms with Crippen molar-refractivity contribution in [3.05, 3.63) is 58.1 Å². The van der Waals surface area contributed by atoms with Crippen LogP contribution in [0.5, 0.6) is 11.5 Å². The van der Waals surface area contributed by atoms with Gasteiger partial charge in [-0.25, -0.2) is 4.79 Å². The number of aromatic hydroxyl groups is 1. The zero-order valence-corrected chi connectivity index (χ0v) is 15.8. The first-order valence-corrected chi connectivity index (χ1v) is 8.43. The number of phenolic OH excluding ortho intramolecular Hbond substituents is 1. The molecule has 2 rings (SSSR count). The van der Waals surface area contributed by atoms with Gasteiger partial charge in [0.25, 0.3) is 5.91 Å². The maximum atomic E-state index is 12.4. The highest BCUT2D eigenvalue weighted by Gasteiger charge is 2.13. The number of ether oxygens (including phenoxy) is 2. The van der Waals surface area contributed by atoms with Crippen molar-refractivity contribution < 1.29 is 24.2 Å². The van der Waals surface area contributed by atoms with Gasteiger partial charge in [0.2, 0.25) is 0 Å². The van der Waals surface area contributed by atoms with Gasteiger partial charge in [0.05, 0.1) is 7.11 Å². The number of methoxy groups -OCH3 is 1. The van der Waals surface area contributed by atoms with E-state index in [-0.39, 0.29) is 17.9 Å². The van der Waals surface area contributed by atoms with Gasteiger partial charge in [-0.15, -0.1) is 0 Å². The number of phenols is 1. The molecule has 0 aliphatic carbocycles. The van der Waals surface area contributed by atoms with Crippen LogP contribution in [0.2, 0.25) is 0 Å². The van der Waals surface area contributed by atoms with E-state index in [1.807, 2.05) is 6.07 Å². The highest BCUT2D eigenvalue weighted by Crippen LogP contribution is 2.26. The molecule has 0 atom stereocenters. The number of hydrogen-bond acceptors (Lipinski definition) is 6. The molecule has 138 valence electrons. The van der Waals surface area contributed by atoms with E-state index in [9.17, 15) is 20.0 Å². The lowest BCUT2D eigenvalue weighted by atomic mass is 10.1. The number of nitrogens with one attached hydrogen (secondary N) is 1. The molecule has 2 aromatic carbocycles. The summed E-state index contributed by atoms with van der Waals surface area (Å²) >= 11 is 3.32. The van der Waals surface area contributed by atoms with Gasteiger partial charge in [0, 0.05) is 15.7 Å². The van der Waals surface area contributed by atoms with Crippen LogP contribution in [-0.2, 0) is 14.3 Å². The van der Waals surface area contributed by atoms with E-state index >= 15 is 0 Å². The summed E-state index contributed by atoms with van der Waals surface area (Å²) in [5.41, 5.74) is 0.699. The molecule has 0 bridgehead atoms. The molecule has 0 aliphatic heterocycles. The molecule has 0 saturated heterocycles. The van der Waals surface area contributed by atoms with E-state index in [2.05, 4.69) is 26.0 Å². The lowest BCUT2D eigenvalue weighted by molar-refractivity contribution is -0.142. The molecule has 2 aromatic rings. The number of carbonyl (C=O) groups excluding carboxylic acids is 2. The van der Waals surface area contributed by atoms with E-state index in [1.165, 1.54) is 37.5 Å². The number of benzene rings is 2. The van der Waals surface area contributed by atoms with Crippen LogP contribution >= 0.6 is 15.9 Å². The van der Waals surface area contributed by atoms with Crippen molar-refractivity contribution in [1.29, 1.82) is 5.26 Å². The molecular weight excluding hydrogens is 416 g/mol. The minimum absolute atomic E-state index is 0.0607. The summed E-state index contributed by atoms with van der Waals surface area (Å²) in [6.45, 7) is -0.305. The Bertz CT molecular complexity index is 917. The fraction of sp³-hybridized carbons (Fsp3) is 0.105. The van der Waals surface area contributed by atoms with Crippen molar-refractivity contribution in [3.8, 4) is 17.6 Å². The van der Waals surface area contributed by atoms with Crippen LogP contribution in [0.1, 0.15) is 5.56 Å². The Labute approximate surface area is 164 Å². The van der Waals surface area contributed by atoms with Crippen molar-refractivity contribution >= 4 is 39.6 Å². The number of esters is 1. The first-order valence-electron chi connectivity index (χ1n) is 7.64. The van der Waals surface area contributed by atoms with Gasteiger partial charge in [0.1, 0.15) is 23.1 Å². The summed E-state index contributed by atoms with van der Waals surface area (Å²) in [5, 5.41) is 21.2. The Hall–Kier alpha value is -3.31. The summed E-state index contributed by atoms with van der Waals surface area (Å²) in [6.07, 6.45) is 1.35. The summed E-state index contributed by atoms with van der Waals surface area (Å²) < 4.78 is 10.6. The maximum absolute atomic E-state index is 12.4.